The molecule has 1 aromatic carbocycles. The second kappa shape index (κ2) is 6.59. The number of ether oxygens (including phenoxy) is 1. The lowest BCUT2D eigenvalue weighted by Crippen LogP contribution is -2.42. The summed E-state index contributed by atoms with van der Waals surface area (Å²) in [5.41, 5.74) is 7.38. The van der Waals surface area contributed by atoms with Crippen LogP contribution in [0.1, 0.15) is 30.8 Å². The van der Waals surface area contributed by atoms with E-state index < -0.39 is 0 Å². The van der Waals surface area contributed by atoms with Gasteiger partial charge in [0.2, 0.25) is 0 Å². The van der Waals surface area contributed by atoms with Crippen molar-refractivity contribution < 1.29 is 13.9 Å². The van der Waals surface area contributed by atoms with Gasteiger partial charge in [-0.05, 0) is 42.5 Å². The summed E-state index contributed by atoms with van der Waals surface area (Å²) in [6, 6.07) is 8.93. The topological polar surface area (TPSA) is 68.7 Å². The molecule has 2 heterocycles. The van der Waals surface area contributed by atoms with Crippen molar-refractivity contribution in [2.45, 2.75) is 20.3 Å². The van der Waals surface area contributed by atoms with Gasteiger partial charge in [-0.2, -0.15) is 0 Å². The lowest BCUT2D eigenvalue weighted by molar-refractivity contribution is 0.0592. The minimum absolute atomic E-state index is 0.0493. The molecular weight excluding hydrogens is 304 g/mol. The number of nitrogen functional groups attached to an aromatic ring is 1. The number of piperidine rings is 1. The van der Waals surface area contributed by atoms with Gasteiger partial charge in [0.05, 0.1) is 7.11 Å². The molecule has 128 valence electrons. The summed E-state index contributed by atoms with van der Waals surface area (Å²) in [5, 5.41) is 0. The number of likely N-dealkylation sites (tertiary alicyclic amines) is 1. The van der Waals surface area contributed by atoms with E-state index in [0.29, 0.717) is 34.8 Å². The van der Waals surface area contributed by atoms with Crippen LogP contribution < -0.4 is 10.5 Å². The molecule has 0 spiro atoms. The second-order valence-corrected chi connectivity index (χ2v) is 6.77. The largest absolute Gasteiger partial charge is 0.497 e. The van der Waals surface area contributed by atoms with Crippen molar-refractivity contribution >= 4 is 11.6 Å². The van der Waals surface area contributed by atoms with E-state index in [1.54, 1.807) is 25.3 Å². The Morgan fingerprint density at radius 3 is 2.54 bits per heavy atom. The van der Waals surface area contributed by atoms with Crippen molar-refractivity contribution in [3.8, 4) is 17.1 Å². The molecule has 2 N–H and O–H groups in total. The third-order valence-electron chi connectivity index (χ3n) is 4.50. The predicted octanol–water partition coefficient (Wildman–Crippen LogP) is 3.66. The van der Waals surface area contributed by atoms with Crippen LogP contribution >= 0.6 is 0 Å². The second-order valence-electron chi connectivity index (χ2n) is 6.77. The van der Waals surface area contributed by atoms with E-state index >= 15 is 0 Å². The third kappa shape index (κ3) is 3.25. The first-order valence-corrected chi connectivity index (χ1v) is 8.31. The summed E-state index contributed by atoms with van der Waals surface area (Å²) < 4.78 is 11.0. The minimum atomic E-state index is -0.0493. The Bertz CT molecular complexity index is 728. The monoisotopic (exact) mass is 328 g/mol. The van der Waals surface area contributed by atoms with Gasteiger partial charge in [-0.1, -0.05) is 13.8 Å². The summed E-state index contributed by atoms with van der Waals surface area (Å²) in [5.74, 6) is 2.63. The number of hydrogen-bond acceptors (Lipinski definition) is 4. The molecule has 1 aromatic heterocycles. The van der Waals surface area contributed by atoms with Crippen LogP contribution in [0.25, 0.3) is 11.3 Å². The van der Waals surface area contributed by atoms with Crippen molar-refractivity contribution in [2.24, 2.45) is 11.8 Å². The SMILES string of the molecule is COc1ccc(-c2ccc(C(=O)N3CC(C)CC(C)C3)o2)c(N)c1. The molecule has 2 unspecified atom stereocenters. The first-order valence-electron chi connectivity index (χ1n) is 8.31. The summed E-state index contributed by atoms with van der Waals surface area (Å²) >= 11 is 0. The fourth-order valence-electron chi connectivity index (χ4n) is 3.47. The average molecular weight is 328 g/mol. The maximum Gasteiger partial charge on any atom is 0.289 e. The number of nitrogens with two attached hydrogens (primary N) is 1. The van der Waals surface area contributed by atoms with E-state index in [1.165, 1.54) is 0 Å². The molecular formula is C19H24N2O3. The van der Waals surface area contributed by atoms with Crippen molar-refractivity contribution in [3.63, 3.8) is 0 Å². The fraction of sp³-hybridized carbons (Fsp3) is 0.421. The molecule has 1 aliphatic rings. The van der Waals surface area contributed by atoms with Gasteiger partial charge in [-0.25, -0.2) is 0 Å². The van der Waals surface area contributed by atoms with Gasteiger partial charge in [0.15, 0.2) is 5.76 Å². The van der Waals surface area contributed by atoms with Gasteiger partial charge in [0.25, 0.3) is 5.91 Å². The molecule has 1 aliphatic heterocycles. The van der Waals surface area contributed by atoms with Gasteiger partial charge in [-0.3, -0.25) is 4.79 Å². The number of anilines is 1. The number of furan rings is 1. The standard InChI is InChI=1S/C19H24N2O3/c1-12-8-13(2)11-21(10-12)19(22)18-7-6-17(24-18)15-5-4-14(23-3)9-16(15)20/h4-7,9,12-13H,8,10-11,20H2,1-3H3. The summed E-state index contributed by atoms with van der Waals surface area (Å²) in [6.45, 7) is 5.93. The molecule has 1 fully saturated rings. The van der Waals surface area contributed by atoms with Crippen molar-refractivity contribution in [1.29, 1.82) is 0 Å². The quantitative estimate of drug-likeness (QED) is 0.873. The van der Waals surface area contributed by atoms with Gasteiger partial charge < -0.3 is 19.8 Å². The number of amides is 1. The van der Waals surface area contributed by atoms with Crippen molar-refractivity contribution in [1.82, 2.24) is 4.90 Å². The zero-order valence-electron chi connectivity index (χ0n) is 14.4. The lowest BCUT2D eigenvalue weighted by Gasteiger charge is -2.34. The van der Waals surface area contributed by atoms with E-state index in [2.05, 4.69) is 13.8 Å². The smallest absolute Gasteiger partial charge is 0.289 e. The Kier molecular flexibility index (Phi) is 4.51. The third-order valence-corrected chi connectivity index (χ3v) is 4.50. The van der Waals surface area contributed by atoms with Crippen LogP contribution in [0, 0.1) is 11.8 Å². The summed E-state index contributed by atoms with van der Waals surface area (Å²) in [7, 11) is 1.60. The highest BCUT2D eigenvalue weighted by Crippen LogP contribution is 2.31. The number of methoxy groups -OCH3 is 1. The number of nitrogens with zero attached hydrogens (tertiary/aromatic N) is 1. The van der Waals surface area contributed by atoms with E-state index in [9.17, 15) is 4.79 Å². The van der Waals surface area contributed by atoms with E-state index in [0.717, 1.165) is 25.1 Å². The van der Waals surface area contributed by atoms with Crippen LogP contribution in [0.4, 0.5) is 5.69 Å². The molecule has 0 saturated carbocycles. The maximum absolute atomic E-state index is 12.7. The maximum atomic E-state index is 12.7. The van der Waals surface area contributed by atoms with Crippen molar-refractivity contribution in [2.75, 3.05) is 25.9 Å². The molecule has 3 rings (SSSR count). The molecule has 5 nitrogen and oxygen atoms in total. The molecule has 5 heteroatoms. The molecule has 2 aromatic rings. The molecule has 0 bridgehead atoms. The first kappa shape index (κ1) is 16.4. The minimum Gasteiger partial charge on any atom is -0.497 e. The number of benzene rings is 1. The van der Waals surface area contributed by atoms with Crippen LogP contribution in [-0.2, 0) is 0 Å². The Morgan fingerprint density at radius 1 is 1.21 bits per heavy atom. The highest BCUT2D eigenvalue weighted by Gasteiger charge is 2.28. The van der Waals surface area contributed by atoms with Gasteiger partial charge >= 0.3 is 0 Å². The highest BCUT2D eigenvalue weighted by molar-refractivity contribution is 5.92. The summed E-state index contributed by atoms with van der Waals surface area (Å²) in [6.07, 6.45) is 1.16. The van der Waals surface area contributed by atoms with E-state index in [4.69, 9.17) is 14.9 Å². The van der Waals surface area contributed by atoms with Crippen LogP contribution in [0.15, 0.2) is 34.7 Å². The molecule has 1 saturated heterocycles. The Labute approximate surface area is 142 Å². The van der Waals surface area contributed by atoms with E-state index in [1.807, 2.05) is 17.0 Å². The normalized spacial score (nSPS) is 20.9. The average Bonchev–Trinajstić information content (AvgIpc) is 3.02. The fourth-order valence-corrected chi connectivity index (χ4v) is 3.47. The number of hydrogen-bond donors (Lipinski definition) is 1. The van der Waals surface area contributed by atoms with E-state index in [-0.39, 0.29) is 5.91 Å². The Balaban J connectivity index is 1.81. The van der Waals surface area contributed by atoms with Gasteiger partial charge in [0.1, 0.15) is 11.5 Å². The van der Waals surface area contributed by atoms with Crippen LogP contribution in [-0.4, -0.2) is 31.0 Å². The van der Waals surface area contributed by atoms with Gasteiger partial charge in [-0.15, -0.1) is 0 Å². The lowest BCUT2D eigenvalue weighted by atomic mass is 9.92. The number of carbonyl (C=O) groups is 1. The van der Waals surface area contributed by atoms with Crippen LogP contribution in [0.2, 0.25) is 0 Å². The van der Waals surface area contributed by atoms with Crippen molar-refractivity contribution in [3.05, 3.63) is 36.1 Å². The first-order chi connectivity index (χ1) is 11.5. The van der Waals surface area contributed by atoms with Crippen LogP contribution in [0.5, 0.6) is 5.75 Å². The molecule has 0 radical (unpaired) electrons. The molecule has 1 amide bonds. The zero-order chi connectivity index (χ0) is 17.3. The Morgan fingerprint density at radius 2 is 1.92 bits per heavy atom. The Hall–Kier alpha value is -2.43. The zero-order valence-corrected chi connectivity index (χ0v) is 14.4. The molecule has 0 aliphatic carbocycles. The van der Waals surface area contributed by atoms with Crippen LogP contribution in [0.3, 0.4) is 0 Å². The molecule has 24 heavy (non-hydrogen) atoms. The highest BCUT2D eigenvalue weighted by atomic mass is 16.5. The number of rotatable bonds is 3. The van der Waals surface area contributed by atoms with Gasteiger partial charge in [0, 0.05) is 30.4 Å². The number of carbonyl (C=O) groups excluding carboxylic acids is 1. The molecule has 2 atom stereocenters. The summed E-state index contributed by atoms with van der Waals surface area (Å²) in [4.78, 5) is 14.6. The predicted molar refractivity (Wildman–Crippen MR) is 94.0 cm³/mol.